The van der Waals surface area contributed by atoms with Crippen molar-refractivity contribution in [1.29, 1.82) is 0 Å². The summed E-state index contributed by atoms with van der Waals surface area (Å²) < 4.78 is 7.05. The van der Waals surface area contributed by atoms with E-state index in [1.807, 2.05) is 49.7 Å². The van der Waals surface area contributed by atoms with E-state index >= 15 is 0 Å². The molecule has 0 saturated carbocycles. The first-order chi connectivity index (χ1) is 10.5. The van der Waals surface area contributed by atoms with E-state index in [0.717, 1.165) is 22.5 Å². The van der Waals surface area contributed by atoms with Crippen molar-refractivity contribution in [3.8, 4) is 0 Å². The lowest BCUT2D eigenvalue weighted by Gasteiger charge is -2.06. The molecule has 5 heteroatoms. The topological polar surface area (TPSA) is 44.1 Å². The second kappa shape index (κ2) is 7.27. The second-order valence-electron chi connectivity index (χ2n) is 5.16. The minimum absolute atomic E-state index is 0.292. The Balaban J connectivity index is 1.89. The number of carbonyl (C=O) groups is 1. The third-order valence-corrected chi connectivity index (χ3v) is 3.50. The largest absolute Gasteiger partial charge is 0.461 e. The van der Waals surface area contributed by atoms with E-state index in [1.54, 1.807) is 6.07 Å². The maximum Gasteiger partial charge on any atom is 0.331 e. The van der Waals surface area contributed by atoms with Crippen LogP contribution in [0.1, 0.15) is 23.9 Å². The number of rotatable bonds is 5. The number of halogens is 1. The van der Waals surface area contributed by atoms with E-state index in [1.165, 1.54) is 6.08 Å². The van der Waals surface area contributed by atoms with Crippen LogP contribution in [0.5, 0.6) is 0 Å². The number of benzene rings is 1. The summed E-state index contributed by atoms with van der Waals surface area (Å²) in [5, 5.41) is 4.96. The third kappa shape index (κ3) is 4.46. The zero-order chi connectivity index (χ0) is 16.1. The summed E-state index contributed by atoms with van der Waals surface area (Å²) in [5.74, 6) is -0.362. The Morgan fingerprint density at radius 3 is 2.77 bits per heavy atom. The zero-order valence-electron chi connectivity index (χ0n) is 13.0. The van der Waals surface area contributed by atoms with E-state index in [4.69, 9.17) is 16.3 Å². The van der Waals surface area contributed by atoms with Gasteiger partial charge in [-0.15, -0.1) is 0 Å². The Kier molecular flexibility index (Phi) is 5.39. The molecule has 2 aromatic rings. The molecule has 0 N–H and O–H groups in total. The minimum Gasteiger partial charge on any atom is -0.461 e. The van der Waals surface area contributed by atoms with Gasteiger partial charge in [0.15, 0.2) is 0 Å². The molecule has 116 valence electrons. The standard InChI is InChI=1S/C17H19ClN2O2/c1-12(15-5-4-6-16(18)11-15)9-17(21)22-8-7-20-14(3)10-13(2)19-20/h4-6,9-11H,7-8H2,1-3H3. The maximum atomic E-state index is 11.8. The lowest BCUT2D eigenvalue weighted by atomic mass is 10.1. The van der Waals surface area contributed by atoms with Crippen LogP contribution >= 0.6 is 11.6 Å². The SMILES string of the molecule is CC(=CC(=O)OCCn1nc(C)cc1C)c1cccc(Cl)c1. The van der Waals surface area contributed by atoms with Gasteiger partial charge >= 0.3 is 5.97 Å². The number of esters is 1. The van der Waals surface area contributed by atoms with Gasteiger partial charge in [-0.05, 0) is 50.1 Å². The molecule has 0 fully saturated rings. The van der Waals surface area contributed by atoms with E-state index in [2.05, 4.69) is 5.10 Å². The molecule has 0 saturated heterocycles. The van der Waals surface area contributed by atoms with Crippen LogP contribution in [-0.4, -0.2) is 22.4 Å². The van der Waals surface area contributed by atoms with Crippen molar-refractivity contribution >= 4 is 23.1 Å². The molecule has 0 radical (unpaired) electrons. The Labute approximate surface area is 135 Å². The van der Waals surface area contributed by atoms with Crippen molar-refractivity contribution in [2.75, 3.05) is 6.61 Å². The number of ether oxygens (including phenoxy) is 1. The number of carbonyl (C=O) groups excluding carboxylic acids is 1. The van der Waals surface area contributed by atoms with Crippen LogP contribution < -0.4 is 0 Å². The van der Waals surface area contributed by atoms with Gasteiger partial charge in [0.2, 0.25) is 0 Å². The molecule has 22 heavy (non-hydrogen) atoms. The van der Waals surface area contributed by atoms with Gasteiger partial charge in [0.05, 0.1) is 12.2 Å². The van der Waals surface area contributed by atoms with Gasteiger partial charge in [-0.1, -0.05) is 23.7 Å². The fourth-order valence-corrected chi connectivity index (χ4v) is 2.36. The molecule has 1 aromatic heterocycles. The molecule has 2 rings (SSSR count). The summed E-state index contributed by atoms with van der Waals surface area (Å²) in [6.45, 7) is 6.61. The Bertz CT molecular complexity index is 704. The third-order valence-electron chi connectivity index (χ3n) is 3.27. The van der Waals surface area contributed by atoms with Crippen LogP contribution in [0.15, 0.2) is 36.4 Å². The van der Waals surface area contributed by atoms with Gasteiger partial charge in [0, 0.05) is 16.8 Å². The number of hydrogen-bond donors (Lipinski definition) is 0. The van der Waals surface area contributed by atoms with Gasteiger partial charge in [-0.2, -0.15) is 5.10 Å². The molecule has 1 heterocycles. The highest BCUT2D eigenvalue weighted by atomic mass is 35.5. The van der Waals surface area contributed by atoms with Crippen molar-refractivity contribution in [3.05, 3.63) is 58.4 Å². The smallest absolute Gasteiger partial charge is 0.331 e. The molecule has 0 unspecified atom stereocenters. The summed E-state index contributed by atoms with van der Waals surface area (Å²) >= 11 is 5.94. The van der Waals surface area contributed by atoms with Gasteiger partial charge < -0.3 is 4.74 Å². The normalized spacial score (nSPS) is 11.5. The van der Waals surface area contributed by atoms with Crippen LogP contribution in [0.25, 0.3) is 5.57 Å². The lowest BCUT2D eigenvalue weighted by Crippen LogP contribution is -2.12. The number of aryl methyl sites for hydroxylation is 2. The van der Waals surface area contributed by atoms with E-state index < -0.39 is 0 Å². The average Bonchev–Trinajstić information content (AvgIpc) is 2.77. The summed E-state index contributed by atoms with van der Waals surface area (Å²) in [6, 6.07) is 9.36. The minimum atomic E-state index is -0.362. The highest BCUT2D eigenvalue weighted by Gasteiger charge is 2.04. The molecule has 0 aliphatic rings. The van der Waals surface area contributed by atoms with Crippen molar-refractivity contribution in [3.63, 3.8) is 0 Å². The van der Waals surface area contributed by atoms with Gasteiger partial charge in [-0.3, -0.25) is 4.68 Å². The fourth-order valence-electron chi connectivity index (χ4n) is 2.17. The predicted octanol–water partition coefficient (Wildman–Crippen LogP) is 3.80. The lowest BCUT2D eigenvalue weighted by molar-refractivity contribution is -0.138. The Hall–Kier alpha value is -2.07. The van der Waals surface area contributed by atoms with Crippen LogP contribution in [0.4, 0.5) is 0 Å². The maximum absolute atomic E-state index is 11.8. The second-order valence-corrected chi connectivity index (χ2v) is 5.59. The zero-order valence-corrected chi connectivity index (χ0v) is 13.7. The predicted molar refractivity (Wildman–Crippen MR) is 87.8 cm³/mol. The van der Waals surface area contributed by atoms with Crippen molar-refractivity contribution in [1.82, 2.24) is 9.78 Å². The molecule has 0 aliphatic carbocycles. The number of aromatic nitrogens is 2. The van der Waals surface area contributed by atoms with E-state index in [9.17, 15) is 4.79 Å². The fraction of sp³-hybridized carbons (Fsp3) is 0.294. The number of hydrogen-bond acceptors (Lipinski definition) is 3. The summed E-state index contributed by atoms with van der Waals surface area (Å²) in [4.78, 5) is 11.8. The van der Waals surface area contributed by atoms with Crippen molar-refractivity contribution in [2.45, 2.75) is 27.3 Å². The molecular weight excluding hydrogens is 300 g/mol. The van der Waals surface area contributed by atoms with Crippen molar-refractivity contribution < 1.29 is 9.53 Å². The number of nitrogens with zero attached hydrogens (tertiary/aromatic N) is 2. The summed E-state index contributed by atoms with van der Waals surface area (Å²) in [7, 11) is 0. The Morgan fingerprint density at radius 1 is 1.36 bits per heavy atom. The van der Waals surface area contributed by atoms with Gasteiger partial charge in [0.1, 0.15) is 6.61 Å². The Morgan fingerprint density at radius 2 is 2.14 bits per heavy atom. The van der Waals surface area contributed by atoms with E-state index in [0.29, 0.717) is 18.2 Å². The van der Waals surface area contributed by atoms with Gasteiger partial charge in [0.25, 0.3) is 0 Å². The van der Waals surface area contributed by atoms with Crippen LogP contribution in [0, 0.1) is 13.8 Å². The molecule has 1 aromatic carbocycles. The molecule has 0 bridgehead atoms. The highest BCUT2D eigenvalue weighted by Crippen LogP contribution is 2.18. The number of allylic oxidation sites excluding steroid dienone is 1. The highest BCUT2D eigenvalue weighted by molar-refractivity contribution is 6.30. The average molecular weight is 319 g/mol. The van der Waals surface area contributed by atoms with Crippen molar-refractivity contribution in [2.24, 2.45) is 0 Å². The van der Waals surface area contributed by atoms with Gasteiger partial charge in [-0.25, -0.2) is 4.79 Å². The summed E-state index contributed by atoms with van der Waals surface area (Å²) in [5.41, 5.74) is 3.74. The summed E-state index contributed by atoms with van der Waals surface area (Å²) in [6.07, 6.45) is 1.48. The first-order valence-corrected chi connectivity index (χ1v) is 7.45. The molecular formula is C17H19ClN2O2. The van der Waals surface area contributed by atoms with Crippen LogP contribution in [-0.2, 0) is 16.1 Å². The molecule has 0 amide bonds. The van der Waals surface area contributed by atoms with Crippen LogP contribution in [0.2, 0.25) is 5.02 Å². The molecule has 0 spiro atoms. The molecule has 0 atom stereocenters. The quantitative estimate of drug-likeness (QED) is 0.622. The van der Waals surface area contributed by atoms with E-state index in [-0.39, 0.29) is 5.97 Å². The first kappa shape index (κ1) is 16.3. The molecule has 4 nitrogen and oxygen atoms in total. The molecule has 0 aliphatic heterocycles. The monoisotopic (exact) mass is 318 g/mol. The first-order valence-electron chi connectivity index (χ1n) is 7.08. The van der Waals surface area contributed by atoms with Crippen LogP contribution in [0.3, 0.4) is 0 Å².